The smallest absolute Gasteiger partial charge is 0.307 e. The lowest BCUT2D eigenvalue weighted by Gasteiger charge is -2.07. The van der Waals surface area contributed by atoms with Gasteiger partial charge in [-0.3, -0.25) is 9.59 Å². The maximum absolute atomic E-state index is 10.8. The van der Waals surface area contributed by atoms with Gasteiger partial charge in [-0.25, -0.2) is 0 Å². The predicted octanol–water partition coefficient (Wildman–Crippen LogP) is 1.86. The second-order valence-corrected chi connectivity index (χ2v) is 4.32. The average molecular weight is 277 g/mol. The van der Waals surface area contributed by atoms with E-state index in [2.05, 4.69) is 5.32 Å². The van der Waals surface area contributed by atoms with E-state index in [1.54, 1.807) is 12.1 Å². The Labute approximate surface area is 118 Å². The van der Waals surface area contributed by atoms with Crippen LogP contribution in [0.3, 0.4) is 0 Å². The number of methoxy groups -OCH3 is 1. The fraction of sp³-hybridized carbons (Fsp3) is 0.333. The molecule has 1 aromatic carbocycles. The number of hydrogen-bond donors (Lipinski definition) is 2. The third-order valence-corrected chi connectivity index (χ3v) is 2.64. The topological polar surface area (TPSA) is 75.6 Å². The lowest BCUT2D eigenvalue weighted by atomic mass is 10.1. The highest BCUT2D eigenvalue weighted by molar-refractivity contribution is 5.73. The number of carboxylic acid groups (broad SMARTS) is 1. The van der Waals surface area contributed by atoms with Crippen LogP contribution in [-0.2, 0) is 16.0 Å². The number of hydrogen-bond acceptors (Lipinski definition) is 3. The quantitative estimate of drug-likeness (QED) is 0.746. The van der Waals surface area contributed by atoms with Crippen LogP contribution in [0.1, 0.15) is 24.5 Å². The Kier molecular flexibility index (Phi) is 6.29. The minimum Gasteiger partial charge on any atom is -0.496 e. The molecule has 0 spiro atoms. The van der Waals surface area contributed by atoms with Gasteiger partial charge in [0.1, 0.15) is 5.75 Å². The normalized spacial score (nSPS) is 10.5. The monoisotopic (exact) mass is 277 g/mol. The van der Waals surface area contributed by atoms with Gasteiger partial charge in [-0.05, 0) is 24.1 Å². The SMILES string of the molecule is COc1ccc(C=CCCNC(C)=O)cc1CC(=O)O. The van der Waals surface area contributed by atoms with E-state index in [1.165, 1.54) is 14.0 Å². The van der Waals surface area contributed by atoms with Crippen LogP contribution in [0.2, 0.25) is 0 Å². The molecule has 5 nitrogen and oxygen atoms in total. The van der Waals surface area contributed by atoms with Crippen LogP contribution in [0.5, 0.6) is 5.75 Å². The summed E-state index contributed by atoms with van der Waals surface area (Å²) in [6, 6.07) is 5.41. The van der Waals surface area contributed by atoms with Gasteiger partial charge in [-0.15, -0.1) is 0 Å². The summed E-state index contributed by atoms with van der Waals surface area (Å²) in [5.41, 5.74) is 1.55. The van der Waals surface area contributed by atoms with E-state index in [4.69, 9.17) is 9.84 Å². The third kappa shape index (κ3) is 5.56. The molecule has 0 unspecified atom stereocenters. The van der Waals surface area contributed by atoms with Crippen molar-refractivity contribution in [2.45, 2.75) is 19.8 Å². The number of amides is 1. The summed E-state index contributed by atoms with van der Waals surface area (Å²) >= 11 is 0. The van der Waals surface area contributed by atoms with Gasteiger partial charge < -0.3 is 15.2 Å². The lowest BCUT2D eigenvalue weighted by Crippen LogP contribution is -2.20. The van der Waals surface area contributed by atoms with Crippen LogP contribution in [-0.4, -0.2) is 30.6 Å². The summed E-state index contributed by atoms with van der Waals surface area (Å²) in [6.45, 7) is 2.06. The largest absolute Gasteiger partial charge is 0.496 e. The summed E-state index contributed by atoms with van der Waals surface area (Å²) in [5, 5.41) is 11.6. The fourth-order valence-electron chi connectivity index (χ4n) is 1.75. The summed E-state index contributed by atoms with van der Waals surface area (Å²) in [4.78, 5) is 21.5. The Morgan fingerprint density at radius 2 is 2.15 bits per heavy atom. The first kappa shape index (κ1) is 15.8. The van der Waals surface area contributed by atoms with E-state index in [1.807, 2.05) is 18.2 Å². The van der Waals surface area contributed by atoms with Gasteiger partial charge in [0.15, 0.2) is 0 Å². The first-order valence-electron chi connectivity index (χ1n) is 6.32. The van der Waals surface area contributed by atoms with Gasteiger partial charge in [-0.2, -0.15) is 0 Å². The third-order valence-electron chi connectivity index (χ3n) is 2.64. The average Bonchev–Trinajstić information content (AvgIpc) is 2.37. The molecule has 108 valence electrons. The molecule has 0 saturated carbocycles. The molecule has 20 heavy (non-hydrogen) atoms. The fourth-order valence-corrected chi connectivity index (χ4v) is 1.75. The summed E-state index contributed by atoms with van der Waals surface area (Å²) in [5.74, 6) is -0.371. The van der Waals surface area contributed by atoms with E-state index in [-0.39, 0.29) is 12.3 Å². The van der Waals surface area contributed by atoms with Crippen LogP contribution in [0, 0.1) is 0 Å². The maximum atomic E-state index is 10.8. The second-order valence-electron chi connectivity index (χ2n) is 4.32. The van der Waals surface area contributed by atoms with Gasteiger partial charge >= 0.3 is 5.97 Å². The molecule has 0 aliphatic heterocycles. The molecule has 0 heterocycles. The van der Waals surface area contributed by atoms with Crippen molar-refractivity contribution in [3.63, 3.8) is 0 Å². The number of carbonyl (C=O) groups excluding carboxylic acids is 1. The summed E-state index contributed by atoms with van der Waals surface area (Å²) in [7, 11) is 1.52. The molecule has 5 heteroatoms. The highest BCUT2D eigenvalue weighted by Gasteiger charge is 2.07. The Hall–Kier alpha value is -2.30. The van der Waals surface area contributed by atoms with Crippen molar-refractivity contribution in [3.8, 4) is 5.75 Å². The summed E-state index contributed by atoms with van der Waals surface area (Å²) in [6.07, 6.45) is 4.48. The number of carboxylic acids is 1. The second kappa shape index (κ2) is 7.99. The molecule has 1 aromatic rings. The number of ether oxygens (including phenoxy) is 1. The Bertz CT molecular complexity index is 509. The molecule has 0 atom stereocenters. The first-order valence-corrected chi connectivity index (χ1v) is 6.32. The van der Waals surface area contributed by atoms with Gasteiger partial charge in [0.25, 0.3) is 0 Å². The van der Waals surface area contributed by atoms with Crippen LogP contribution in [0.15, 0.2) is 24.3 Å². The van der Waals surface area contributed by atoms with Crippen LogP contribution in [0.25, 0.3) is 6.08 Å². The standard InChI is InChI=1S/C15H19NO4/c1-11(17)16-8-4-3-5-12-6-7-14(20-2)13(9-12)10-15(18)19/h3,5-7,9H,4,8,10H2,1-2H3,(H,16,17)(H,18,19). The lowest BCUT2D eigenvalue weighted by molar-refractivity contribution is -0.136. The van der Waals surface area contributed by atoms with Crippen LogP contribution < -0.4 is 10.1 Å². The van der Waals surface area contributed by atoms with Gasteiger partial charge in [0, 0.05) is 19.0 Å². The van der Waals surface area contributed by atoms with Crippen LogP contribution >= 0.6 is 0 Å². The molecule has 0 aliphatic rings. The van der Waals surface area contributed by atoms with Crippen molar-refractivity contribution < 1.29 is 19.4 Å². The minimum absolute atomic E-state index is 0.0495. The van der Waals surface area contributed by atoms with Crippen molar-refractivity contribution in [1.82, 2.24) is 5.32 Å². The molecule has 0 bridgehead atoms. The van der Waals surface area contributed by atoms with Crippen molar-refractivity contribution in [2.75, 3.05) is 13.7 Å². The van der Waals surface area contributed by atoms with E-state index in [0.717, 1.165) is 12.0 Å². The molecular formula is C15H19NO4. The van der Waals surface area contributed by atoms with E-state index < -0.39 is 5.97 Å². The number of benzene rings is 1. The zero-order valence-electron chi connectivity index (χ0n) is 11.7. The van der Waals surface area contributed by atoms with Crippen molar-refractivity contribution in [2.24, 2.45) is 0 Å². The molecule has 1 amide bonds. The Balaban J connectivity index is 2.68. The molecule has 1 rings (SSSR count). The van der Waals surface area contributed by atoms with E-state index in [0.29, 0.717) is 17.9 Å². The van der Waals surface area contributed by atoms with E-state index >= 15 is 0 Å². The highest BCUT2D eigenvalue weighted by atomic mass is 16.5. The van der Waals surface area contributed by atoms with Gasteiger partial charge in [0.2, 0.25) is 5.91 Å². The number of carbonyl (C=O) groups is 2. The van der Waals surface area contributed by atoms with Crippen molar-refractivity contribution in [3.05, 3.63) is 35.4 Å². The zero-order chi connectivity index (χ0) is 15.0. The molecule has 0 aromatic heterocycles. The maximum Gasteiger partial charge on any atom is 0.307 e. The Morgan fingerprint density at radius 3 is 2.75 bits per heavy atom. The number of nitrogens with one attached hydrogen (secondary N) is 1. The molecular weight excluding hydrogens is 258 g/mol. The number of rotatable bonds is 7. The highest BCUT2D eigenvalue weighted by Crippen LogP contribution is 2.21. The van der Waals surface area contributed by atoms with Crippen molar-refractivity contribution in [1.29, 1.82) is 0 Å². The predicted molar refractivity (Wildman–Crippen MR) is 76.7 cm³/mol. The molecule has 0 radical (unpaired) electrons. The first-order chi connectivity index (χ1) is 9.52. The summed E-state index contributed by atoms with van der Waals surface area (Å²) < 4.78 is 5.14. The van der Waals surface area contributed by atoms with Gasteiger partial charge in [0.05, 0.1) is 13.5 Å². The zero-order valence-corrected chi connectivity index (χ0v) is 11.7. The molecule has 0 fully saturated rings. The van der Waals surface area contributed by atoms with Gasteiger partial charge in [-0.1, -0.05) is 18.2 Å². The number of aliphatic carboxylic acids is 1. The molecule has 0 saturated heterocycles. The minimum atomic E-state index is -0.893. The van der Waals surface area contributed by atoms with E-state index in [9.17, 15) is 9.59 Å². The van der Waals surface area contributed by atoms with Crippen molar-refractivity contribution >= 4 is 18.0 Å². The Morgan fingerprint density at radius 1 is 1.40 bits per heavy atom. The molecule has 2 N–H and O–H groups in total. The van der Waals surface area contributed by atoms with Crippen LogP contribution in [0.4, 0.5) is 0 Å². The molecule has 0 aliphatic carbocycles.